The average Bonchev–Trinajstić information content (AvgIpc) is 3.30. The summed E-state index contributed by atoms with van der Waals surface area (Å²) in [5, 5.41) is 23.3. The third-order valence-electron chi connectivity index (χ3n) is 5.49. The number of benzene rings is 1. The van der Waals surface area contributed by atoms with Gasteiger partial charge in [0, 0.05) is 22.2 Å². The highest BCUT2D eigenvalue weighted by atomic mass is 32.1. The minimum atomic E-state index is -4.67. The maximum Gasteiger partial charge on any atom is 0.433 e. The van der Waals surface area contributed by atoms with E-state index in [9.17, 15) is 28.2 Å². The number of halogens is 3. The molecule has 0 atom stereocenters. The van der Waals surface area contributed by atoms with Crippen molar-refractivity contribution in [1.29, 1.82) is 0 Å². The Balaban J connectivity index is 1.65. The molecule has 2 aromatic heterocycles. The SMILES string of the molecule is [2H]C([2H])([2H])c1cc(Nc2nccc(C(F)(F)F)n2)cc(-c2cnc(C3(O)CCC(C(=O)O)CC3)s2)c1. The van der Waals surface area contributed by atoms with Crippen LogP contribution in [0.5, 0.6) is 0 Å². The molecule has 1 saturated carbocycles. The van der Waals surface area contributed by atoms with E-state index in [2.05, 4.69) is 20.3 Å². The first kappa shape index (κ1) is 19.4. The van der Waals surface area contributed by atoms with Crippen molar-refractivity contribution in [2.75, 3.05) is 5.32 Å². The minimum absolute atomic E-state index is 0.0647. The Bertz CT molecular complexity index is 1280. The van der Waals surface area contributed by atoms with Crippen molar-refractivity contribution in [3.63, 3.8) is 0 Å². The molecule has 3 aromatic rings. The molecule has 1 fully saturated rings. The molecule has 0 spiro atoms. The third kappa shape index (κ3) is 5.14. The topological polar surface area (TPSA) is 108 Å². The average molecular weight is 482 g/mol. The number of aryl methyl sites for hydroxylation is 1. The van der Waals surface area contributed by atoms with Crippen molar-refractivity contribution in [2.45, 2.75) is 44.3 Å². The molecule has 4 rings (SSSR count). The summed E-state index contributed by atoms with van der Waals surface area (Å²) in [6.45, 7) is -2.51. The Morgan fingerprint density at radius 1 is 1.27 bits per heavy atom. The predicted molar refractivity (Wildman–Crippen MR) is 116 cm³/mol. The number of thiazole rings is 1. The van der Waals surface area contributed by atoms with Gasteiger partial charge in [0.05, 0.1) is 10.8 Å². The van der Waals surface area contributed by atoms with Crippen LogP contribution in [0, 0.1) is 12.8 Å². The molecule has 1 aliphatic rings. The number of aliphatic hydroxyl groups is 1. The zero-order valence-electron chi connectivity index (χ0n) is 20.1. The van der Waals surface area contributed by atoms with Gasteiger partial charge in [0.15, 0.2) is 0 Å². The number of alkyl halides is 3. The van der Waals surface area contributed by atoms with E-state index in [1.165, 1.54) is 24.4 Å². The second kappa shape index (κ2) is 8.71. The number of hydrogen-bond acceptors (Lipinski definition) is 7. The molecule has 0 saturated heterocycles. The number of anilines is 2. The molecule has 0 bridgehead atoms. The molecule has 11 heteroatoms. The van der Waals surface area contributed by atoms with Gasteiger partial charge in [-0.15, -0.1) is 11.3 Å². The number of aliphatic carboxylic acids is 1. The summed E-state index contributed by atoms with van der Waals surface area (Å²) in [4.78, 5) is 23.3. The first-order chi connectivity index (χ1) is 16.7. The van der Waals surface area contributed by atoms with Crippen LogP contribution in [0.1, 0.15) is 46.1 Å². The molecule has 0 amide bonds. The monoisotopic (exact) mass is 481 g/mol. The molecular weight excluding hydrogens is 457 g/mol. The second-order valence-electron chi connectivity index (χ2n) is 7.86. The molecule has 174 valence electrons. The van der Waals surface area contributed by atoms with Gasteiger partial charge >= 0.3 is 12.1 Å². The number of carboxylic acids is 1. The van der Waals surface area contributed by atoms with Crippen molar-refractivity contribution in [1.82, 2.24) is 15.0 Å². The number of nitrogens with zero attached hydrogens (tertiary/aromatic N) is 3. The smallest absolute Gasteiger partial charge is 0.433 e. The zero-order chi connectivity index (χ0) is 26.3. The van der Waals surface area contributed by atoms with Crippen LogP contribution in [-0.2, 0) is 16.6 Å². The first-order valence-corrected chi connectivity index (χ1v) is 10.8. The highest BCUT2D eigenvalue weighted by molar-refractivity contribution is 7.15. The molecule has 1 aromatic carbocycles. The number of rotatable bonds is 5. The Kier molecular flexibility index (Phi) is 5.13. The van der Waals surface area contributed by atoms with Gasteiger partial charge in [-0.25, -0.2) is 15.0 Å². The summed E-state index contributed by atoms with van der Waals surface area (Å²) in [5.41, 5.74) is -1.92. The highest BCUT2D eigenvalue weighted by Crippen LogP contribution is 2.43. The van der Waals surface area contributed by atoms with E-state index in [0.717, 1.165) is 23.6 Å². The number of nitrogens with one attached hydrogen (secondary N) is 1. The van der Waals surface area contributed by atoms with Crippen molar-refractivity contribution in [3.05, 3.63) is 52.9 Å². The fraction of sp³-hybridized carbons (Fsp3) is 0.364. The van der Waals surface area contributed by atoms with E-state index in [1.54, 1.807) is 0 Å². The van der Waals surface area contributed by atoms with Crippen molar-refractivity contribution in [3.8, 4) is 10.4 Å². The van der Waals surface area contributed by atoms with Gasteiger partial charge in [-0.2, -0.15) is 13.2 Å². The Morgan fingerprint density at radius 2 is 2.03 bits per heavy atom. The van der Waals surface area contributed by atoms with Crippen LogP contribution in [-0.4, -0.2) is 31.1 Å². The molecular formula is C22H21F3N4O3S. The number of carboxylic acid groups (broad SMARTS) is 1. The molecule has 2 heterocycles. The lowest BCUT2D eigenvalue weighted by molar-refractivity contribution is -0.145. The lowest BCUT2D eigenvalue weighted by Gasteiger charge is -2.32. The summed E-state index contributed by atoms with van der Waals surface area (Å²) in [5.74, 6) is -1.77. The van der Waals surface area contributed by atoms with Gasteiger partial charge in [-0.1, -0.05) is 6.07 Å². The van der Waals surface area contributed by atoms with Gasteiger partial charge in [-0.3, -0.25) is 4.79 Å². The number of carbonyl (C=O) groups is 1. The lowest BCUT2D eigenvalue weighted by Crippen LogP contribution is -2.33. The van der Waals surface area contributed by atoms with Gasteiger partial charge < -0.3 is 15.5 Å². The molecule has 3 N–H and O–H groups in total. The number of hydrogen-bond donors (Lipinski definition) is 3. The van der Waals surface area contributed by atoms with Crippen LogP contribution in [0.15, 0.2) is 36.7 Å². The fourth-order valence-electron chi connectivity index (χ4n) is 3.73. The Labute approximate surface area is 195 Å². The summed E-state index contributed by atoms with van der Waals surface area (Å²) in [7, 11) is 0. The van der Waals surface area contributed by atoms with Crippen LogP contribution < -0.4 is 5.32 Å². The molecule has 0 aliphatic heterocycles. The Hall–Kier alpha value is -3.05. The second-order valence-corrected chi connectivity index (χ2v) is 8.89. The normalized spacial score (nSPS) is 22.8. The third-order valence-corrected chi connectivity index (χ3v) is 6.73. The highest BCUT2D eigenvalue weighted by Gasteiger charge is 2.39. The largest absolute Gasteiger partial charge is 0.481 e. The van der Waals surface area contributed by atoms with Crippen molar-refractivity contribution in [2.24, 2.45) is 5.92 Å². The standard InChI is InChI=1S/C22H21F3N4O3S/c1-12-8-14(10-15(9-12)28-20-26-7-4-17(29-20)22(23,24)25)16-11-27-19(33-16)21(32)5-2-13(3-6-21)18(30)31/h4,7-11,13,32H,2-3,5-6H2,1H3,(H,30,31)(H,26,28,29)/i1D3. The van der Waals surface area contributed by atoms with E-state index in [4.69, 9.17) is 4.11 Å². The molecule has 0 radical (unpaired) electrons. The summed E-state index contributed by atoms with van der Waals surface area (Å²) >= 11 is 1.14. The fourth-order valence-corrected chi connectivity index (χ4v) is 4.78. The van der Waals surface area contributed by atoms with E-state index < -0.39 is 36.2 Å². The van der Waals surface area contributed by atoms with E-state index in [1.807, 2.05) is 0 Å². The maximum atomic E-state index is 13.0. The quantitative estimate of drug-likeness (QED) is 0.463. The van der Waals surface area contributed by atoms with E-state index in [-0.39, 0.29) is 30.0 Å². The van der Waals surface area contributed by atoms with Crippen LogP contribution in [0.4, 0.5) is 24.8 Å². The first-order valence-electron chi connectivity index (χ1n) is 11.5. The van der Waals surface area contributed by atoms with Crippen LogP contribution in [0.2, 0.25) is 0 Å². The minimum Gasteiger partial charge on any atom is -0.481 e. The van der Waals surface area contributed by atoms with E-state index in [0.29, 0.717) is 28.3 Å². The zero-order valence-corrected chi connectivity index (χ0v) is 17.9. The van der Waals surface area contributed by atoms with Crippen molar-refractivity contribution < 1.29 is 32.3 Å². The Morgan fingerprint density at radius 3 is 2.70 bits per heavy atom. The number of aromatic nitrogens is 3. The molecule has 33 heavy (non-hydrogen) atoms. The maximum absolute atomic E-state index is 13.0. The van der Waals surface area contributed by atoms with Crippen molar-refractivity contribution >= 4 is 28.9 Å². The van der Waals surface area contributed by atoms with Gasteiger partial charge in [0.1, 0.15) is 16.3 Å². The predicted octanol–water partition coefficient (Wildman–Crippen LogP) is 5.13. The summed E-state index contributed by atoms with van der Waals surface area (Å²) < 4.78 is 62.4. The summed E-state index contributed by atoms with van der Waals surface area (Å²) in [6.07, 6.45) is -1.18. The molecule has 1 aliphatic carbocycles. The molecule has 7 nitrogen and oxygen atoms in total. The van der Waals surface area contributed by atoms with Crippen LogP contribution >= 0.6 is 11.3 Å². The van der Waals surface area contributed by atoms with Crippen LogP contribution in [0.25, 0.3) is 10.4 Å². The van der Waals surface area contributed by atoms with Gasteiger partial charge in [0.25, 0.3) is 0 Å². The summed E-state index contributed by atoms with van der Waals surface area (Å²) in [6, 6.07) is 4.96. The van der Waals surface area contributed by atoms with Gasteiger partial charge in [-0.05, 0) is 61.9 Å². The van der Waals surface area contributed by atoms with Crippen LogP contribution in [0.3, 0.4) is 0 Å². The lowest BCUT2D eigenvalue weighted by atomic mass is 9.79. The van der Waals surface area contributed by atoms with E-state index >= 15 is 0 Å². The molecule has 0 unspecified atom stereocenters. The van der Waals surface area contributed by atoms with Gasteiger partial charge in [0.2, 0.25) is 5.95 Å².